The number of fused-ring (bicyclic) bond motifs is 3. The van der Waals surface area contributed by atoms with E-state index in [4.69, 9.17) is 9.68 Å². The minimum Gasteiger partial charge on any atom is -0.452 e. The normalized spacial score (nSPS) is 16.2. The average molecular weight is 432 g/mol. The molecule has 7 heteroatoms. The summed E-state index contributed by atoms with van der Waals surface area (Å²) in [6.07, 6.45) is 0.319. The Morgan fingerprint density at radius 2 is 1.91 bits per heavy atom. The molecule has 32 heavy (non-hydrogen) atoms. The SMILES string of the molecule is N#Cc1ccc(CN2CC(c3ccc(OC(F)F)c4oc5ccccc5c34)CC2=O)cc1. The van der Waals surface area contributed by atoms with E-state index >= 15 is 0 Å². The van der Waals surface area contributed by atoms with Gasteiger partial charge in [0, 0.05) is 36.2 Å². The van der Waals surface area contributed by atoms with Gasteiger partial charge in [-0.2, -0.15) is 14.0 Å². The summed E-state index contributed by atoms with van der Waals surface area (Å²) in [5.41, 5.74) is 3.23. The molecule has 0 radical (unpaired) electrons. The number of rotatable bonds is 5. The number of hydrogen-bond acceptors (Lipinski definition) is 4. The number of carbonyl (C=O) groups excluding carboxylic acids is 1. The van der Waals surface area contributed by atoms with Gasteiger partial charge in [-0.1, -0.05) is 36.4 Å². The first kappa shape index (κ1) is 20.0. The number of ether oxygens (including phenoxy) is 1. The van der Waals surface area contributed by atoms with E-state index in [1.54, 1.807) is 29.2 Å². The van der Waals surface area contributed by atoms with Crippen LogP contribution in [0.5, 0.6) is 5.75 Å². The fourth-order valence-corrected chi connectivity index (χ4v) is 4.40. The van der Waals surface area contributed by atoms with Crippen LogP contribution in [0.4, 0.5) is 8.78 Å². The van der Waals surface area contributed by atoms with Gasteiger partial charge in [0.2, 0.25) is 5.91 Å². The van der Waals surface area contributed by atoms with Crippen molar-refractivity contribution in [2.24, 2.45) is 0 Å². The Balaban J connectivity index is 1.50. The van der Waals surface area contributed by atoms with Crippen LogP contribution in [-0.2, 0) is 11.3 Å². The summed E-state index contributed by atoms with van der Waals surface area (Å²) in [4.78, 5) is 14.5. The van der Waals surface area contributed by atoms with Crippen molar-refractivity contribution < 1.29 is 22.7 Å². The van der Waals surface area contributed by atoms with Gasteiger partial charge in [0.25, 0.3) is 0 Å². The molecule has 1 aliphatic rings. The van der Waals surface area contributed by atoms with E-state index in [9.17, 15) is 13.6 Å². The minimum absolute atomic E-state index is 0.0197. The second-order valence-corrected chi connectivity index (χ2v) is 7.82. The lowest BCUT2D eigenvalue weighted by Gasteiger charge is -2.17. The number of nitrogens with zero attached hydrogens (tertiary/aromatic N) is 2. The number of furan rings is 1. The lowest BCUT2D eigenvalue weighted by atomic mass is 9.93. The molecule has 5 nitrogen and oxygen atoms in total. The van der Waals surface area contributed by atoms with Crippen molar-refractivity contribution in [3.63, 3.8) is 0 Å². The molecule has 0 saturated carbocycles. The highest BCUT2D eigenvalue weighted by molar-refractivity contribution is 6.09. The summed E-state index contributed by atoms with van der Waals surface area (Å²) in [6.45, 7) is -2.01. The molecule has 1 aromatic heterocycles. The van der Waals surface area contributed by atoms with Crippen molar-refractivity contribution in [1.82, 2.24) is 4.90 Å². The number of nitriles is 1. The van der Waals surface area contributed by atoms with Gasteiger partial charge in [0.05, 0.1) is 11.6 Å². The molecule has 5 rings (SSSR count). The standard InChI is InChI=1S/C25H18F2N2O3/c26-25(27)32-21-10-9-18(23-19-3-1-2-4-20(19)31-24(21)23)17-11-22(30)29(14-17)13-16-7-5-15(12-28)6-8-16/h1-10,17,25H,11,13-14H2. The molecule has 1 unspecified atom stereocenters. The van der Waals surface area contributed by atoms with E-state index in [1.807, 2.05) is 30.3 Å². The predicted molar refractivity (Wildman–Crippen MR) is 114 cm³/mol. The Labute approximate surface area is 182 Å². The number of halogens is 2. The Kier molecular flexibility index (Phi) is 4.98. The molecule has 1 atom stereocenters. The summed E-state index contributed by atoms with van der Waals surface area (Å²) in [5.74, 6) is -0.105. The molecule has 1 saturated heterocycles. The van der Waals surface area contributed by atoms with Gasteiger partial charge in [-0.05, 0) is 35.4 Å². The minimum atomic E-state index is -2.96. The zero-order valence-electron chi connectivity index (χ0n) is 16.9. The third kappa shape index (κ3) is 3.54. The predicted octanol–water partition coefficient (Wildman–Crippen LogP) is 5.58. The Hall–Kier alpha value is -3.92. The molecule has 1 amide bonds. The zero-order valence-corrected chi connectivity index (χ0v) is 16.9. The molecule has 1 fully saturated rings. The van der Waals surface area contributed by atoms with Crippen LogP contribution in [0.2, 0.25) is 0 Å². The van der Waals surface area contributed by atoms with E-state index in [-0.39, 0.29) is 23.2 Å². The molecule has 160 valence electrons. The first-order chi connectivity index (χ1) is 15.5. The number of hydrogen-bond donors (Lipinski definition) is 0. The maximum atomic E-state index is 12.9. The third-order valence-electron chi connectivity index (χ3n) is 5.85. The number of likely N-dealkylation sites (tertiary alicyclic amines) is 1. The highest BCUT2D eigenvalue weighted by Crippen LogP contribution is 2.42. The fraction of sp³-hybridized carbons (Fsp3) is 0.200. The van der Waals surface area contributed by atoms with E-state index in [1.165, 1.54) is 6.07 Å². The first-order valence-corrected chi connectivity index (χ1v) is 10.2. The topological polar surface area (TPSA) is 66.5 Å². The Morgan fingerprint density at radius 1 is 1.12 bits per heavy atom. The van der Waals surface area contributed by atoms with Crippen LogP contribution < -0.4 is 4.74 Å². The van der Waals surface area contributed by atoms with E-state index in [0.717, 1.165) is 16.5 Å². The number of alkyl halides is 2. The smallest absolute Gasteiger partial charge is 0.387 e. The molecule has 0 aliphatic carbocycles. The fourth-order valence-electron chi connectivity index (χ4n) is 4.40. The summed E-state index contributed by atoms with van der Waals surface area (Å²) >= 11 is 0. The van der Waals surface area contributed by atoms with Gasteiger partial charge >= 0.3 is 6.61 Å². The van der Waals surface area contributed by atoms with Gasteiger partial charge in [0.15, 0.2) is 11.3 Å². The summed E-state index contributed by atoms with van der Waals surface area (Å²) in [6, 6.07) is 19.8. The summed E-state index contributed by atoms with van der Waals surface area (Å²) in [5, 5.41) is 10.5. The van der Waals surface area contributed by atoms with Crippen molar-refractivity contribution >= 4 is 27.8 Å². The molecule has 3 aromatic carbocycles. The van der Waals surface area contributed by atoms with Crippen molar-refractivity contribution in [3.05, 3.63) is 77.4 Å². The summed E-state index contributed by atoms with van der Waals surface area (Å²) in [7, 11) is 0. The molecule has 0 N–H and O–H groups in total. The Bertz CT molecular complexity index is 1360. The quantitative estimate of drug-likeness (QED) is 0.413. The highest BCUT2D eigenvalue weighted by atomic mass is 19.3. The molecule has 0 spiro atoms. The maximum absolute atomic E-state index is 12.9. The van der Waals surface area contributed by atoms with E-state index < -0.39 is 6.61 Å². The third-order valence-corrected chi connectivity index (χ3v) is 5.85. The van der Waals surface area contributed by atoms with Crippen molar-refractivity contribution in [3.8, 4) is 11.8 Å². The van der Waals surface area contributed by atoms with Crippen LogP contribution in [0, 0.1) is 11.3 Å². The molecule has 1 aliphatic heterocycles. The number of para-hydroxylation sites is 1. The van der Waals surface area contributed by atoms with Crippen molar-refractivity contribution in [2.45, 2.75) is 25.5 Å². The largest absolute Gasteiger partial charge is 0.452 e. The van der Waals surface area contributed by atoms with E-state index in [0.29, 0.717) is 36.0 Å². The van der Waals surface area contributed by atoms with Gasteiger partial charge in [-0.25, -0.2) is 0 Å². The number of amides is 1. The lowest BCUT2D eigenvalue weighted by Crippen LogP contribution is -2.24. The number of benzene rings is 3. The second-order valence-electron chi connectivity index (χ2n) is 7.82. The lowest BCUT2D eigenvalue weighted by molar-refractivity contribution is -0.128. The molecule has 2 heterocycles. The second kappa shape index (κ2) is 7.97. The van der Waals surface area contributed by atoms with Gasteiger partial charge in [-0.3, -0.25) is 4.79 Å². The van der Waals surface area contributed by atoms with Crippen LogP contribution in [-0.4, -0.2) is 24.0 Å². The van der Waals surface area contributed by atoms with Crippen molar-refractivity contribution in [2.75, 3.05) is 6.54 Å². The Morgan fingerprint density at radius 3 is 2.66 bits per heavy atom. The van der Waals surface area contributed by atoms with Crippen LogP contribution >= 0.6 is 0 Å². The molecule has 0 bridgehead atoms. The van der Waals surface area contributed by atoms with Gasteiger partial charge in [0.1, 0.15) is 5.58 Å². The number of carbonyl (C=O) groups is 1. The first-order valence-electron chi connectivity index (χ1n) is 10.2. The van der Waals surface area contributed by atoms with E-state index in [2.05, 4.69) is 10.8 Å². The van der Waals surface area contributed by atoms with Crippen molar-refractivity contribution in [1.29, 1.82) is 5.26 Å². The van der Waals surface area contributed by atoms with Crippen LogP contribution in [0.15, 0.2) is 65.1 Å². The van der Waals surface area contributed by atoms with Crippen LogP contribution in [0.25, 0.3) is 21.9 Å². The van der Waals surface area contributed by atoms with Gasteiger partial charge in [-0.15, -0.1) is 0 Å². The molecular formula is C25H18F2N2O3. The molecular weight excluding hydrogens is 414 g/mol. The highest BCUT2D eigenvalue weighted by Gasteiger charge is 2.33. The van der Waals surface area contributed by atoms with Gasteiger partial charge < -0.3 is 14.1 Å². The van der Waals surface area contributed by atoms with Crippen LogP contribution in [0.1, 0.15) is 29.0 Å². The average Bonchev–Trinajstić information content (AvgIpc) is 3.35. The van der Waals surface area contributed by atoms with Crippen LogP contribution in [0.3, 0.4) is 0 Å². The zero-order chi connectivity index (χ0) is 22.2. The summed E-state index contributed by atoms with van der Waals surface area (Å²) < 4.78 is 36.4. The molecule has 4 aromatic rings. The monoisotopic (exact) mass is 432 g/mol. The maximum Gasteiger partial charge on any atom is 0.387 e.